The molecule has 1 fully saturated rings. The second-order valence-corrected chi connectivity index (χ2v) is 5.79. The molecule has 1 aromatic heterocycles. The predicted octanol–water partition coefficient (Wildman–Crippen LogP) is 1.94. The van der Waals surface area contributed by atoms with E-state index in [1.807, 2.05) is 0 Å². The van der Waals surface area contributed by atoms with Crippen molar-refractivity contribution in [2.45, 2.75) is 12.8 Å². The molecule has 1 N–H and O–H groups in total. The minimum Gasteiger partial charge on any atom is -0.477 e. The molecule has 6 heteroatoms. The molecule has 5 nitrogen and oxygen atoms in total. The predicted molar refractivity (Wildman–Crippen MR) is 71.8 cm³/mol. The molecule has 1 aliphatic heterocycles. The zero-order chi connectivity index (χ0) is 13.8. The molecule has 1 amide bonds. The molecule has 2 rings (SSSR count). The zero-order valence-corrected chi connectivity index (χ0v) is 11.6. The van der Waals surface area contributed by atoms with Crippen LogP contribution in [0.4, 0.5) is 0 Å². The monoisotopic (exact) mass is 283 g/mol. The van der Waals surface area contributed by atoms with E-state index in [9.17, 15) is 9.59 Å². The maximum atomic E-state index is 12.2. The minimum atomic E-state index is -0.990. The van der Waals surface area contributed by atoms with E-state index in [1.54, 1.807) is 18.0 Å². The number of nitrogens with zero attached hydrogens (tertiary/aromatic N) is 1. The van der Waals surface area contributed by atoms with Gasteiger partial charge in [0.2, 0.25) is 0 Å². The van der Waals surface area contributed by atoms with Crippen LogP contribution < -0.4 is 0 Å². The number of carbonyl (C=O) groups excluding carboxylic acids is 1. The van der Waals surface area contributed by atoms with Crippen molar-refractivity contribution in [1.29, 1.82) is 0 Å². The molecular weight excluding hydrogens is 266 g/mol. The van der Waals surface area contributed by atoms with E-state index in [4.69, 9.17) is 9.84 Å². The molecule has 0 spiro atoms. The van der Waals surface area contributed by atoms with Gasteiger partial charge in [-0.05, 0) is 30.9 Å². The molecule has 0 bridgehead atoms. The highest BCUT2D eigenvalue weighted by Crippen LogP contribution is 2.20. The van der Waals surface area contributed by atoms with Crippen LogP contribution in [0.3, 0.4) is 0 Å². The van der Waals surface area contributed by atoms with Crippen LogP contribution in [0.25, 0.3) is 0 Å². The van der Waals surface area contributed by atoms with Crippen LogP contribution in [0.5, 0.6) is 0 Å². The number of hydrogen-bond acceptors (Lipinski definition) is 4. The molecule has 0 atom stereocenters. The van der Waals surface area contributed by atoms with Gasteiger partial charge >= 0.3 is 5.97 Å². The summed E-state index contributed by atoms with van der Waals surface area (Å²) in [6.07, 6.45) is 1.95. The van der Waals surface area contributed by atoms with Crippen LogP contribution in [0.1, 0.15) is 32.2 Å². The molecule has 2 heterocycles. The molecule has 0 aromatic carbocycles. The standard InChI is InChI=1S/C13H17NO4S/c1-14(8-9-4-6-18-7-5-9)12(15)10-2-3-11(19-10)13(16)17/h2-3,9H,4-8H2,1H3,(H,16,17). The SMILES string of the molecule is CN(CC1CCOCC1)C(=O)c1ccc(C(=O)O)s1. The molecule has 1 saturated heterocycles. The van der Waals surface area contributed by atoms with Gasteiger partial charge in [0, 0.05) is 26.8 Å². The second kappa shape index (κ2) is 6.16. The number of carbonyl (C=O) groups is 2. The Bertz CT molecular complexity index is 465. The van der Waals surface area contributed by atoms with Crippen molar-refractivity contribution in [2.75, 3.05) is 26.8 Å². The van der Waals surface area contributed by atoms with Gasteiger partial charge in [-0.3, -0.25) is 4.79 Å². The van der Waals surface area contributed by atoms with Crippen molar-refractivity contribution in [3.05, 3.63) is 21.9 Å². The number of carboxylic acid groups (broad SMARTS) is 1. The van der Waals surface area contributed by atoms with Gasteiger partial charge in [-0.1, -0.05) is 0 Å². The van der Waals surface area contributed by atoms with Crippen LogP contribution in [0, 0.1) is 5.92 Å². The van der Waals surface area contributed by atoms with E-state index in [0.717, 1.165) is 37.4 Å². The van der Waals surface area contributed by atoms with Gasteiger partial charge in [0.15, 0.2) is 0 Å². The molecule has 104 valence electrons. The highest BCUT2D eigenvalue weighted by atomic mass is 32.1. The topological polar surface area (TPSA) is 66.8 Å². The fourth-order valence-electron chi connectivity index (χ4n) is 2.16. The average Bonchev–Trinajstić information content (AvgIpc) is 2.88. The van der Waals surface area contributed by atoms with Crippen LogP contribution in [-0.2, 0) is 4.74 Å². The van der Waals surface area contributed by atoms with Gasteiger partial charge in [-0.2, -0.15) is 0 Å². The smallest absolute Gasteiger partial charge is 0.345 e. The summed E-state index contributed by atoms with van der Waals surface area (Å²) in [4.78, 5) is 25.3. The summed E-state index contributed by atoms with van der Waals surface area (Å²) >= 11 is 1.02. The zero-order valence-electron chi connectivity index (χ0n) is 10.8. The first-order chi connectivity index (χ1) is 9.08. The Morgan fingerprint density at radius 1 is 1.37 bits per heavy atom. The van der Waals surface area contributed by atoms with E-state index in [1.165, 1.54) is 6.07 Å². The lowest BCUT2D eigenvalue weighted by atomic mass is 10.00. The fraction of sp³-hybridized carbons (Fsp3) is 0.538. The highest BCUT2D eigenvalue weighted by molar-refractivity contribution is 7.15. The van der Waals surface area contributed by atoms with E-state index >= 15 is 0 Å². The Labute approximate surface area is 115 Å². The average molecular weight is 283 g/mol. The van der Waals surface area contributed by atoms with Crippen LogP contribution in [0.15, 0.2) is 12.1 Å². The van der Waals surface area contributed by atoms with Crippen molar-refractivity contribution in [1.82, 2.24) is 4.90 Å². The molecule has 1 aromatic rings. The van der Waals surface area contributed by atoms with Gasteiger partial charge < -0.3 is 14.7 Å². The number of ether oxygens (including phenoxy) is 1. The number of rotatable bonds is 4. The van der Waals surface area contributed by atoms with Crippen molar-refractivity contribution < 1.29 is 19.4 Å². The number of amides is 1. The van der Waals surface area contributed by atoms with Crippen LogP contribution in [-0.4, -0.2) is 48.7 Å². The Balaban J connectivity index is 1.95. The largest absolute Gasteiger partial charge is 0.477 e. The Kier molecular flexibility index (Phi) is 4.55. The Morgan fingerprint density at radius 3 is 2.58 bits per heavy atom. The number of thiophene rings is 1. The van der Waals surface area contributed by atoms with Gasteiger partial charge in [0.1, 0.15) is 4.88 Å². The lowest BCUT2D eigenvalue weighted by Crippen LogP contribution is -2.33. The summed E-state index contributed by atoms with van der Waals surface area (Å²) in [6, 6.07) is 3.06. The molecule has 19 heavy (non-hydrogen) atoms. The van der Waals surface area contributed by atoms with Crippen molar-refractivity contribution in [3.63, 3.8) is 0 Å². The third-order valence-corrected chi connectivity index (χ3v) is 4.31. The normalized spacial score (nSPS) is 16.3. The summed E-state index contributed by atoms with van der Waals surface area (Å²) in [5.41, 5.74) is 0. The number of carboxylic acids is 1. The van der Waals surface area contributed by atoms with E-state index in [0.29, 0.717) is 17.3 Å². The second-order valence-electron chi connectivity index (χ2n) is 4.71. The van der Waals surface area contributed by atoms with Crippen molar-refractivity contribution in [2.24, 2.45) is 5.92 Å². The van der Waals surface area contributed by atoms with Crippen molar-refractivity contribution in [3.8, 4) is 0 Å². The van der Waals surface area contributed by atoms with E-state index < -0.39 is 5.97 Å². The van der Waals surface area contributed by atoms with Crippen LogP contribution in [0.2, 0.25) is 0 Å². The first-order valence-corrected chi connectivity index (χ1v) is 7.06. The lowest BCUT2D eigenvalue weighted by molar-refractivity contribution is 0.0499. The summed E-state index contributed by atoms with van der Waals surface area (Å²) in [6.45, 7) is 2.21. The van der Waals surface area contributed by atoms with Crippen molar-refractivity contribution >= 4 is 23.2 Å². The maximum absolute atomic E-state index is 12.2. The number of aromatic carboxylic acids is 1. The fourth-order valence-corrected chi connectivity index (χ4v) is 2.99. The third kappa shape index (κ3) is 3.54. The minimum absolute atomic E-state index is 0.107. The van der Waals surface area contributed by atoms with E-state index in [2.05, 4.69) is 0 Å². The molecule has 1 aliphatic rings. The summed E-state index contributed by atoms with van der Waals surface area (Å²) in [5, 5.41) is 8.85. The first-order valence-electron chi connectivity index (χ1n) is 6.24. The third-order valence-electron chi connectivity index (χ3n) is 3.25. The maximum Gasteiger partial charge on any atom is 0.345 e. The van der Waals surface area contributed by atoms with Gasteiger partial charge in [0.25, 0.3) is 5.91 Å². The first kappa shape index (κ1) is 14.0. The summed E-state index contributed by atoms with van der Waals surface area (Å²) in [5.74, 6) is -0.623. The molecule has 0 unspecified atom stereocenters. The molecular formula is C13H17NO4S. The number of hydrogen-bond donors (Lipinski definition) is 1. The van der Waals surface area contributed by atoms with Gasteiger partial charge in [-0.15, -0.1) is 11.3 Å². The van der Waals surface area contributed by atoms with Crippen LogP contribution >= 0.6 is 11.3 Å². The van der Waals surface area contributed by atoms with E-state index in [-0.39, 0.29) is 10.8 Å². The Morgan fingerprint density at radius 2 is 2.00 bits per heavy atom. The molecule has 0 saturated carbocycles. The van der Waals surface area contributed by atoms with Gasteiger partial charge in [-0.25, -0.2) is 4.79 Å². The summed E-state index contributed by atoms with van der Waals surface area (Å²) < 4.78 is 5.29. The summed E-state index contributed by atoms with van der Waals surface area (Å²) in [7, 11) is 1.76. The Hall–Kier alpha value is -1.40. The quantitative estimate of drug-likeness (QED) is 0.917. The lowest BCUT2D eigenvalue weighted by Gasteiger charge is -2.26. The highest BCUT2D eigenvalue weighted by Gasteiger charge is 2.21. The van der Waals surface area contributed by atoms with Gasteiger partial charge in [0.05, 0.1) is 4.88 Å². The molecule has 0 aliphatic carbocycles. The molecule has 0 radical (unpaired) electrons.